The fourth-order valence-corrected chi connectivity index (χ4v) is 12.3. The average molecular weight is 1190 g/mol. The first kappa shape index (κ1) is 61.2. The van der Waals surface area contributed by atoms with E-state index in [4.69, 9.17) is 58.8 Å². The van der Waals surface area contributed by atoms with E-state index in [0.717, 1.165) is 69.5 Å². The molecule has 0 spiro atoms. The monoisotopic (exact) mass is 1190 g/mol. The SMILES string of the molecule is CCC(C)(C)C(Oc1cccc2c1-c1nc-2nc2[n-]c(nc3nc(nc4[n-]c(n1)c1cccc(OC(C(C)C)C(C)(C)CC)c41)-c1cccc(OC(C(C)C)C(C)(C)CC)c1-3)c1cccc(OC(C(C)C)C(C)(C)CC)c21)C(C)C.[Pd+2]. The first-order chi connectivity index (χ1) is 37.7. The number of ether oxygens (including phenoxy) is 4. The Labute approximate surface area is 495 Å². The van der Waals surface area contributed by atoms with Crippen LogP contribution in [0.2, 0.25) is 0 Å². The van der Waals surface area contributed by atoms with Gasteiger partial charge in [0.05, 0.1) is 34.4 Å². The molecule has 2 aliphatic rings. The number of hydrogen-bond acceptors (Lipinski definition) is 10. The molecule has 0 amide bonds. The summed E-state index contributed by atoms with van der Waals surface area (Å²) in [5, 5.41) is 2.98. The smallest absolute Gasteiger partial charge is 0.489 e. The number of nitrogens with zero attached hydrogens (tertiary/aromatic N) is 8. The summed E-state index contributed by atoms with van der Waals surface area (Å²) in [7, 11) is 0. The van der Waals surface area contributed by atoms with Crippen molar-refractivity contribution in [2.45, 2.75) is 189 Å². The van der Waals surface area contributed by atoms with Gasteiger partial charge in [0, 0.05) is 66.1 Å². The molecule has 434 valence electrons. The summed E-state index contributed by atoms with van der Waals surface area (Å²) in [6, 6.07) is 24.3. The minimum absolute atomic E-state index is 0. The van der Waals surface area contributed by atoms with Crippen molar-refractivity contribution < 1.29 is 39.4 Å². The molecule has 8 bridgehead atoms. The second-order valence-electron chi connectivity index (χ2n) is 26.7. The second-order valence-corrected chi connectivity index (χ2v) is 26.7. The summed E-state index contributed by atoms with van der Waals surface area (Å²) >= 11 is 0. The molecule has 0 N–H and O–H groups in total. The Hall–Kier alpha value is -5.90. The molecule has 4 atom stereocenters. The minimum Gasteiger partial charge on any atom is -0.489 e. The maximum Gasteiger partial charge on any atom is 2.00 e. The molecule has 0 saturated carbocycles. The van der Waals surface area contributed by atoms with Crippen molar-refractivity contribution in [1.82, 2.24) is 39.9 Å². The summed E-state index contributed by atoms with van der Waals surface area (Å²) in [5.41, 5.74) is 4.09. The van der Waals surface area contributed by atoms with Gasteiger partial charge in [0.25, 0.3) is 0 Å². The van der Waals surface area contributed by atoms with E-state index in [-0.39, 0.29) is 90.2 Å². The number of rotatable bonds is 20. The van der Waals surface area contributed by atoms with E-state index in [9.17, 15) is 0 Å². The normalized spacial score (nSPS) is 14.5. The van der Waals surface area contributed by atoms with Crippen molar-refractivity contribution >= 4 is 44.1 Å². The molecule has 7 aromatic rings. The third-order valence-corrected chi connectivity index (χ3v) is 17.8. The largest absolute Gasteiger partial charge is 2.00 e. The first-order valence-electron chi connectivity index (χ1n) is 29.7. The number of hydrogen-bond donors (Lipinski definition) is 0. The second kappa shape index (κ2) is 23.4. The van der Waals surface area contributed by atoms with Crippen molar-refractivity contribution in [3.8, 4) is 68.5 Å². The van der Waals surface area contributed by atoms with Gasteiger partial charge in [0.2, 0.25) is 0 Å². The molecule has 9 rings (SSSR count). The van der Waals surface area contributed by atoms with Gasteiger partial charge in [-0.05, 0) is 84.4 Å². The van der Waals surface area contributed by atoms with Gasteiger partial charge in [0.1, 0.15) is 47.4 Å². The Morgan fingerprint density at radius 2 is 0.630 bits per heavy atom. The van der Waals surface area contributed by atoms with Crippen molar-refractivity contribution in [2.75, 3.05) is 0 Å². The van der Waals surface area contributed by atoms with E-state index in [0.29, 0.717) is 68.9 Å². The summed E-state index contributed by atoms with van der Waals surface area (Å²) < 4.78 is 28.9. The van der Waals surface area contributed by atoms with Crippen LogP contribution >= 0.6 is 0 Å². The van der Waals surface area contributed by atoms with Crippen LogP contribution in [-0.4, -0.2) is 54.3 Å². The van der Waals surface area contributed by atoms with Gasteiger partial charge in [-0.3, -0.25) is 0 Å². The molecule has 0 fully saturated rings. The fraction of sp³-hybridized carbons (Fsp3) is 0.529. The molecular weight excluding hydrogens is 1100 g/mol. The van der Waals surface area contributed by atoms with Gasteiger partial charge in [-0.1, -0.05) is 187 Å². The topological polar surface area (TPSA) is 142 Å². The van der Waals surface area contributed by atoms with Crippen LogP contribution in [0.5, 0.6) is 23.0 Å². The zero-order valence-corrected chi connectivity index (χ0v) is 53.5. The average Bonchev–Trinajstić information content (AvgIpc) is 4.24. The van der Waals surface area contributed by atoms with Crippen molar-refractivity contribution in [3.05, 3.63) is 72.8 Å². The van der Waals surface area contributed by atoms with Crippen LogP contribution in [0.3, 0.4) is 0 Å². The fourth-order valence-electron chi connectivity index (χ4n) is 12.3. The van der Waals surface area contributed by atoms with Gasteiger partial charge in [0.15, 0.2) is 0 Å². The summed E-state index contributed by atoms with van der Waals surface area (Å²) in [6.45, 7) is 44.8. The molecule has 0 aliphatic carbocycles. The Morgan fingerprint density at radius 1 is 0.358 bits per heavy atom. The maximum absolute atomic E-state index is 7.23. The summed E-state index contributed by atoms with van der Waals surface area (Å²) in [5.74, 6) is 5.18. The zero-order valence-electron chi connectivity index (χ0n) is 51.9. The third kappa shape index (κ3) is 11.6. The number of benzene rings is 4. The Kier molecular flexibility index (Phi) is 17.7. The third-order valence-electron chi connectivity index (χ3n) is 17.8. The molecule has 3 aromatic heterocycles. The van der Waals surface area contributed by atoms with E-state index >= 15 is 0 Å². The predicted molar refractivity (Wildman–Crippen MR) is 327 cm³/mol. The molecule has 4 aromatic carbocycles. The van der Waals surface area contributed by atoms with Crippen molar-refractivity contribution in [3.63, 3.8) is 0 Å². The molecule has 0 radical (unpaired) electrons. The summed E-state index contributed by atoms with van der Waals surface area (Å²) in [4.78, 5) is 43.5. The van der Waals surface area contributed by atoms with Gasteiger partial charge < -0.3 is 48.9 Å². The van der Waals surface area contributed by atoms with Crippen LogP contribution in [0.1, 0.15) is 164 Å². The molecule has 12 nitrogen and oxygen atoms in total. The zero-order chi connectivity index (χ0) is 58.0. The van der Waals surface area contributed by atoms with Gasteiger partial charge in [-0.2, -0.15) is 0 Å². The van der Waals surface area contributed by atoms with Crippen LogP contribution in [-0.2, 0) is 20.4 Å². The van der Waals surface area contributed by atoms with E-state index in [2.05, 4.69) is 138 Å². The predicted octanol–water partition coefficient (Wildman–Crippen LogP) is 17.5. The van der Waals surface area contributed by atoms with Crippen molar-refractivity contribution in [1.29, 1.82) is 0 Å². The number of aromatic nitrogens is 8. The Morgan fingerprint density at radius 3 is 0.926 bits per heavy atom. The Balaban J connectivity index is 0.00000860. The molecule has 13 heteroatoms. The summed E-state index contributed by atoms with van der Waals surface area (Å²) in [6.07, 6.45) is 3.19. The van der Waals surface area contributed by atoms with E-state index in [1.807, 2.05) is 72.8 Å². The molecular formula is C68H88N8O4Pd. The van der Waals surface area contributed by atoms with Gasteiger partial charge in [-0.15, -0.1) is 0 Å². The molecule has 5 heterocycles. The van der Waals surface area contributed by atoms with Gasteiger partial charge >= 0.3 is 20.4 Å². The van der Waals surface area contributed by atoms with E-state index in [1.165, 1.54) is 0 Å². The van der Waals surface area contributed by atoms with E-state index in [1.54, 1.807) is 0 Å². The van der Waals surface area contributed by atoms with E-state index < -0.39 is 0 Å². The standard InChI is InChI=1S/C68H88N8O4.Pd/c1-21-65(13,14)53(37(5)6)77-45-33-25-29-41-49(45)61-69-57(41)74-62-51-43(31-27-35-47(51)79-55(39(9)10)67(17,18)23-3)59(71-62)76-64-52-44(32-28-36-48(52)80-56(40(11)12)68(19,20)24-4)60(72-64)75-63-50-42(58(70-63)73-61)30-26-34-46(50)78-54(38(7)8)66(15,16)22-2;/h25-40,53-56H,21-24H2,1-20H3;/q-2;+2. The van der Waals surface area contributed by atoms with Crippen LogP contribution < -0.4 is 28.9 Å². The first-order valence-corrected chi connectivity index (χ1v) is 29.7. The van der Waals surface area contributed by atoms with Crippen LogP contribution in [0.4, 0.5) is 0 Å². The van der Waals surface area contributed by atoms with Crippen LogP contribution in [0.25, 0.3) is 89.7 Å². The van der Waals surface area contributed by atoms with Crippen LogP contribution in [0.15, 0.2) is 72.8 Å². The number of fused-ring (bicyclic) bond motifs is 20. The molecule has 4 unspecified atom stereocenters. The quantitative estimate of drug-likeness (QED) is 0.0670. The van der Waals surface area contributed by atoms with Gasteiger partial charge in [-0.25, -0.2) is 9.97 Å². The van der Waals surface area contributed by atoms with Crippen LogP contribution in [0, 0.1) is 45.3 Å². The van der Waals surface area contributed by atoms with Crippen molar-refractivity contribution in [2.24, 2.45) is 45.3 Å². The molecule has 2 aliphatic heterocycles. The maximum atomic E-state index is 7.23. The molecule has 81 heavy (non-hydrogen) atoms. The Bertz CT molecular complexity index is 3360. The minimum atomic E-state index is -0.147. The molecule has 0 saturated heterocycles.